The Morgan fingerprint density at radius 2 is 1.35 bits per heavy atom. The molecule has 1 fully saturated rings. The van der Waals surface area contributed by atoms with E-state index in [0.29, 0.717) is 11.5 Å². The second kappa shape index (κ2) is 16.9. The van der Waals surface area contributed by atoms with Gasteiger partial charge in [0.15, 0.2) is 0 Å². The Kier molecular flexibility index (Phi) is 15.0. The van der Waals surface area contributed by atoms with Crippen molar-refractivity contribution in [3.63, 3.8) is 0 Å². The van der Waals surface area contributed by atoms with E-state index in [9.17, 15) is 10.2 Å². The van der Waals surface area contributed by atoms with Crippen molar-refractivity contribution in [1.29, 1.82) is 0 Å². The van der Waals surface area contributed by atoms with Gasteiger partial charge in [0, 0.05) is 46.5 Å². The molecule has 2 aromatic rings. The summed E-state index contributed by atoms with van der Waals surface area (Å²) in [6, 6.07) is 8.54. The Labute approximate surface area is 269 Å². The van der Waals surface area contributed by atoms with Crippen LogP contribution in [-0.2, 0) is 34.6 Å². The van der Waals surface area contributed by atoms with Crippen LogP contribution in [0.3, 0.4) is 0 Å². The molecular formula is C35H52CrN2O5. The van der Waals surface area contributed by atoms with Gasteiger partial charge in [0.2, 0.25) is 0 Å². The van der Waals surface area contributed by atoms with Gasteiger partial charge >= 0.3 is 6.16 Å². The van der Waals surface area contributed by atoms with E-state index in [1.165, 1.54) is 24.0 Å². The fraction of sp³-hybridized carbons (Fsp3) is 0.571. The van der Waals surface area contributed by atoms with Crippen LogP contribution in [0.1, 0.15) is 127 Å². The number of aryl methyl sites for hydroxylation is 2. The van der Waals surface area contributed by atoms with Gasteiger partial charge in [0.25, 0.3) is 0 Å². The zero-order chi connectivity index (χ0) is 31.7. The van der Waals surface area contributed by atoms with E-state index in [0.717, 1.165) is 60.8 Å². The number of hydrogen-bond acceptors (Lipinski definition) is 5. The standard InChI is InChI=1S/C34H50N2O2.CH2O3.Cr/c1-9-10-11-14-24-17-23(2)31(37)25(18-24)21-35-29-15-12-13-16-30(29)36-22-26-19-27(33(3,4)5)20-28(32(26)38)34(6,7)8;2-1(3)4;/h17-22,29-30,37-38H,9-16H2,1-8H3;(H2,2,3,4);. The molecule has 0 heterocycles. The Balaban J connectivity index is 0.00000174. The summed E-state index contributed by atoms with van der Waals surface area (Å²) in [5, 5.41) is 35.8. The number of nitrogens with zero attached hydrogens (tertiary/aromatic N) is 2. The first-order valence-electron chi connectivity index (χ1n) is 15.2. The van der Waals surface area contributed by atoms with Crippen LogP contribution in [0.15, 0.2) is 34.3 Å². The summed E-state index contributed by atoms with van der Waals surface area (Å²) < 4.78 is 0. The van der Waals surface area contributed by atoms with Crippen LogP contribution in [0.4, 0.5) is 4.79 Å². The first-order valence-corrected chi connectivity index (χ1v) is 15.2. The van der Waals surface area contributed by atoms with Gasteiger partial charge in [-0.15, -0.1) is 0 Å². The first-order chi connectivity index (χ1) is 19.5. The number of aromatic hydroxyl groups is 2. The SMILES string of the molecule is CCCCCc1cc(C)c(O)c(C=NC2CCCCC2N=Cc2cc(C(C)(C)C)cc(C(C)(C)C)c2O)c1.O=C(O)O.[Cr]. The molecule has 0 bridgehead atoms. The number of benzene rings is 2. The summed E-state index contributed by atoms with van der Waals surface area (Å²) in [5.74, 6) is 0.646. The molecule has 0 amide bonds. The number of hydrogen-bond donors (Lipinski definition) is 4. The minimum absolute atomic E-state index is 0. The molecule has 0 aliphatic heterocycles. The van der Waals surface area contributed by atoms with E-state index in [1.807, 2.05) is 19.4 Å². The van der Waals surface area contributed by atoms with Crippen molar-refractivity contribution in [1.82, 2.24) is 0 Å². The van der Waals surface area contributed by atoms with Gasteiger partial charge in [-0.05, 0) is 72.3 Å². The third kappa shape index (κ3) is 12.0. The van der Waals surface area contributed by atoms with Crippen LogP contribution in [-0.4, -0.2) is 51.1 Å². The molecule has 8 heteroatoms. The molecule has 0 spiro atoms. The molecule has 0 radical (unpaired) electrons. The molecule has 238 valence electrons. The molecule has 4 N–H and O–H groups in total. The van der Waals surface area contributed by atoms with E-state index in [-0.39, 0.29) is 40.3 Å². The molecule has 2 aromatic carbocycles. The summed E-state index contributed by atoms with van der Waals surface area (Å²) >= 11 is 0. The number of aliphatic imine (C=N–C) groups is 2. The van der Waals surface area contributed by atoms with E-state index in [4.69, 9.17) is 25.0 Å². The summed E-state index contributed by atoms with van der Waals surface area (Å²) in [4.78, 5) is 18.5. The molecule has 43 heavy (non-hydrogen) atoms. The molecule has 2 atom stereocenters. The topological polar surface area (TPSA) is 123 Å². The molecular weight excluding hydrogens is 580 g/mol. The quantitative estimate of drug-likeness (QED) is 0.171. The van der Waals surface area contributed by atoms with Crippen LogP contribution in [0.5, 0.6) is 11.5 Å². The smallest absolute Gasteiger partial charge is 0.503 e. The van der Waals surface area contributed by atoms with Crippen molar-refractivity contribution in [2.75, 3.05) is 0 Å². The molecule has 0 saturated heterocycles. The third-order valence-electron chi connectivity index (χ3n) is 7.78. The zero-order valence-electron chi connectivity index (χ0n) is 27.3. The van der Waals surface area contributed by atoms with Crippen molar-refractivity contribution in [3.8, 4) is 11.5 Å². The number of phenolic OH excluding ortho intramolecular Hbond substituents is 2. The van der Waals surface area contributed by atoms with Crippen molar-refractivity contribution < 1.29 is 42.6 Å². The number of carboxylic acid groups (broad SMARTS) is 2. The van der Waals surface area contributed by atoms with Gasteiger partial charge in [-0.25, -0.2) is 4.79 Å². The minimum Gasteiger partial charge on any atom is -0.507 e. The van der Waals surface area contributed by atoms with Crippen molar-refractivity contribution in [2.24, 2.45) is 9.98 Å². The van der Waals surface area contributed by atoms with E-state index < -0.39 is 6.16 Å². The van der Waals surface area contributed by atoms with Crippen LogP contribution >= 0.6 is 0 Å². The Morgan fingerprint density at radius 1 is 0.837 bits per heavy atom. The van der Waals surface area contributed by atoms with E-state index in [2.05, 4.69) is 72.7 Å². The largest absolute Gasteiger partial charge is 0.507 e. The minimum atomic E-state index is -1.83. The Bertz CT molecular complexity index is 1250. The number of unbranched alkanes of at least 4 members (excludes halogenated alkanes) is 2. The van der Waals surface area contributed by atoms with Gasteiger partial charge in [-0.3, -0.25) is 9.98 Å². The Hall–Kier alpha value is -2.82. The number of carbonyl (C=O) groups is 1. The molecule has 1 aliphatic rings. The van der Waals surface area contributed by atoms with Gasteiger partial charge in [-0.1, -0.05) is 86.3 Å². The third-order valence-corrected chi connectivity index (χ3v) is 7.78. The fourth-order valence-electron chi connectivity index (χ4n) is 5.26. The monoisotopic (exact) mass is 632 g/mol. The fourth-order valence-corrected chi connectivity index (χ4v) is 5.26. The van der Waals surface area contributed by atoms with E-state index in [1.54, 1.807) is 0 Å². The molecule has 1 saturated carbocycles. The summed E-state index contributed by atoms with van der Waals surface area (Å²) in [6.07, 6.45) is 10.7. The number of phenols is 2. The maximum absolute atomic E-state index is 11.2. The zero-order valence-corrected chi connectivity index (χ0v) is 28.6. The predicted octanol–water partition coefficient (Wildman–Crippen LogP) is 8.80. The summed E-state index contributed by atoms with van der Waals surface area (Å²) in [7, 11) is 0. The van der Waals surface area contributed by atoms with Crippen LogP contribution in [0.2, 0.25) is 0 Å². The number of rotatable bonds is 8. The van der Waals surface area contributed by atoms with Gasteiger partial charge in [-0.2, -0.15) is 0 Å². The van der Waals surface area contributed by atoms with Crippen molar-refractivity contribution in [2.45, 2.75) is 130 Å². The molecule has 3 rings (SSSR count). The Morgan fingerprint density at radius 3 is 1.81 bits per heavy atom. The second-order valence-corrected chi connectivity index (χ2v) is 13.5. The molecule has 0 aromatic heterocycles. The maximum atomic E-state index is 11.2. The average Bonchev–Trinajstić information content (AvgIpc) is 2.88. The van der Waals surface area contributed by atoms with Crippen LogP contribution < -0.4 is 0 Å². The van der Waals surface area contributed by atoms with Crippen molar-refractivity contribution >= 4 is 18.6 Å². The first kappa shape index (κ1) is 38.2. The van der Waals surface area contributed by atoms with Gasteiger partial charge in [0.05, 0.1) is 12.1 Å². The summed E-state index contributed by atoms with van der Waals surface area (Å²) in [5.41, 5.74) is 5.70. The predicted molar refractivity (Wildman–Crippen MR) is 173 cm³/mol. The molecule has 1 aliphatic carbocycles. The van der Waals surface area contributed by atoms with Crippen molar-refractivity contribution in [3.05, 3.63) is 57.6 Å². The molecule has 2 unspecified atom stereocenters. The van der Waals surface area contributed by atoms with E-state index >= 15 is 0 Å². The van der Waals surface area contributed by atoms with Crippen LogP contribution in [0.25, 0.3) is 0 Å². The normalized spacial score (nSPS) is 17.4. The van der Waals surface area contributed by atoms with Gasteiger partial charge in [0.1, 0.15) is 11.5 Å². The second-order valence-electron chi connectivity index (χ2n) is 13.5. The molecule has 7 nitrogen and oxygen atoms in total. The average molecular weight is 633 g/mol. The van der Waals surface area contributed by atoms with Gasteiger partial charge < -0.3 is 20.4 Å². The summed E-state index contributed by atoms with van der Waals surface area (Å²) in [6.45, 7) is 17.2. The maximum Gasteiger partial charge on any atom is 0.503 e. The van der Waals surface area contributed by atoms with Crippen LogP contribution in [0, 0.1) is 6.92 Å².